The molecule has 0 aromatic heterocycles. The fourth-order valence-electron chi connectivity index (χ4n) is 2.97. The lowest BCUT2D eigenvalue weighted by Gasteiger charge is -2.04. The van der Waals surface area contributed by atoms with E-state index in [1.165, 1.54) is 109 Å². The highest BCUT2D eigenvalue weighted by atomic mass is 14.8. The number of nitrogens with one attached hydrogen (secondary N) is 1. The van der Waals surface area contributed by atoms with Gasteiger partial charge >= 0.3 is 0 Å². The lowest BCUT2D eigenvalue weighted by molar-refractivity contribution is 0.526. The molecule has 0 fully saturated rings. The molecule has 0 bridgehead atoms. The number of hydrogen-bond donors (Lipinski definition) is 1. The summed E-state index contributed by atoms with van der Waals surface area (Å²) in [5.74, 6) is 0. The summed E-state index contributed by atoms with van der Waals surface area (Å²) in [7, 11) is 0. The van der Waals surface area contributed by atoms with E-state index in [4.69, 9.17) is 0 Å². The fourth-order valence-corrected chi connectivity index (χ4v) is 2.97. The van der Waals surface area contributed by atoms with Gasteiger partial charge in [-0.2, -0.15) is 0 Å². The van der Waals surface area contributed by atoms with Crippen LogP contribution in [0.4, 0.5) is 0 Å². The molecule has 0 saturated heterocycles. The van der Waals surface area contributed by atoms with Crippen LogP contribution in [-0.2, 0) is 0 Å². The molecule has 0 amide bonds. The van der Waals surface area contributed by atoms with Crippen molar-refractivity contribution < 1.29 is 0 Å². The van der Waals surface area contributed by atoms with Gasteiger partial charge in [-0.05, 0) is 19.5 Å². The minimum Gasteiger partial charge on any atom is -0.317 e. The van der Waals surface area contributed by atoms with E-state index in [9.17, 15) is 0 Å². The van der Waals surface area contributed by atoms with Crippen molar-refractivity contribution in [3.8, 4) is 0 Å². The Morgan fingerprint density at radius 2 is 0.762 bits per heavy atom. The highest BCUT2D eigenvalue weighted by Crippen LogP contribution is 2.13. The van der Waals surface area contributed by atoms with Gasteiger partial charge in [-0.15, -0.1) is 0 Å². The molecule has 0 unspecified atom stereocenters. The maximum absolute atomic E-state index is 3.40. The van der Waals surface area contributed by atoms with Crippen molar-refractivity contribution in [2.45, 2.75) is 117 Å². The van der Waals surface area contributed by atoms with Gasteiger partial charge in [-0.3, -0.25) is 0 Å². The molecule has 0 aliphatic carbocycles. The molecule has 21 heavy (non-hydrogen) atoms. The summed E-state index contributed by atoms with van der Waals surface area (Å²) in [6.45, 7) is 6.82. The average Bonchev–Trinajstić information content (AvgIpc) is 2.50. The lowest BCUT2D eigenvalue weighted by atomic mass is 10.0. The Bertz CT molecular complexity index is 149. The molecule has 0 aliphatic rings. The SMILES string of the molecule is CCCCCCCCCCCCCCCCCCNCC. The predicted octanol–water partition coefficient (Wildman–Crippen LogP) is 6.86. The Labute approximate surface area is 135 Å². The van der Waals surface area contributed by atoms with Gasteiger partial charge in [0, 0.05) is 0 Å². The molecule has 0 spiro atoms. The largest absolute Gasteiger partial charge is 0.317 e. The zero-order chi connectivity index (χ0) is 15.4. The zero-order valence-corrected chi connectivity index (χ0v) is 15.2. The van der Waals surface area contributed by atoms with E-state index in [0.717, 1.165) is 6.54 Å². The molecule has 0 saturated carbocycles. The van der Waals surface area contributed by atoms with Gasteiger partial charge in [-0.25, -0.2) is 0 Å². The van der Waals surface area contributed by atoms with Gasteiger partial charge in [-0.1, -0.05) is 110 Å². The minimum absolute atomic E-state index is 1.12. The molecule has 1 N–H and O–H groups in total. The summed E-state index contributed by atoms with van der Waals surface area (Å²) < 4.78 is 0. The van der Waals surface area contributed by atoms with Gasteiger partial charge in [0.05, 0.1) is 0 Å². The number of rotatable bonds is 18. The Balaban J connectivity index is 2.90. The van der Waals surface area contributed by atoms with Gasteiger partial charge in [0.15, 0.2) is 0 Å². The summed E-state index contributed by atoms with van der Waals surface area (Å²) in [5.41, 5.74) is 0. The van der Waals surface area contributed by atoms with Crippen molar-refractivity contribution in [3.63, 3.8) is 0 Å². The molecule has 1 heteroatoms. The predicted molar refractivity (Wildman–Crippen MR) is 98.1 cm³/mol. The average molecular weight is 298 g/mol. The third-order valence-electron chi connectivity index (χ3n) is 4.46. The van der Waals surface area contributed by atoms with Crippen LogP contribution in [0.3, 0.4) is 0 Å². The van der Waals surface area contributed by atoms with Crippen molar-refractivity contribution >= 4 is 0 Å². The molecule has 1 nitrogen and oxygen atoms in total. The summed E-state index contributed by atoms with van der Waals surface area (Å²) in [5, 5.41) is 3.40. The second kappa shape index (κ2) is 20.0. The van der Waals surface area contributed by atoms with Crippen LogP contribution in [-0.4, -0.2) is 13.1 Å². The lowest BCUT2D eigenvalue weighted by Crippen LogP contribution is -2.13. The maximum atomic E-state index is 3.40. The van der Waals surface area contributed by atoms with Crippen molar-refractivity contribution in [2.24, 2.45) is 0 Å². The quantitative estimate of drug-likeness (QED) is 0.273. The summed E-state index contributed by atoms with van der Waals surface area (Å²) in [6, 6.07) is 0. The van der Waals surface area contributed by atoms with Crippen LogP contribution in [0.5, 0.6) is 0 Å². The van der Waals surface area contributed by atoms with Gasteiger partial charge in [0.1, 0.15) is 0 Å². The monoisotopic (exact) mass is 297 g/mol. The van der Waals surface area contributed by atoms with E-state index in [1.807, 2.05) is 0 Å². The highest BCUT2D eigenvalue weighted by Gasteiger charge is 1.94. The summed E-state index contributed by atoms with van der Waals surface area (Å²) >= 11 is 0. The van der Waals surface area contributed by atoms with Crippen LogP contribution in [0, 0.1) is 0 Å². The first-order chi connectivity index (χ1) is 10.4. The first kappa shape index (κ1) is 21.0. The van der Waals surface area contributed by atoms with Gasteiger partial charge in [0.2, 0.25) is 0 Å². The first-order valence-electron chi connectivity index (χ1n) is 10.1. The molecule has 0 aliphatic heterocycles. The molecular weight excluding hydrogens is 254 g/mol. The zero-order valence-electron chi connectivity index (χ0n) is 15.2. The van der Waals surface area contributed by atoms with E-state index < -0.39 is 0 Å². The first-order valence-corrected chi connectivity index (χ1v) is 10.1. The van der Waals surface area contributed by atoms with E-state index in [2.05, 4.69) is 19.2 Å². The van der Waals surface area contributed by atoms with Crippen molar-refractivity contribution in [1.82, 2.24) is 5.32 Å². The molecule has 0 atom stereocenters. The topological polar surface area (TPSA) is 12.0 Å². The minimum atomic E-state index is 1.12. The molecule has 0 heterocycles. The molecule has 0 aromatic carbocycles. The Morgan fingerprint density at radius 1 is 0.429 bits per heavy atom. The Hall–Kier alpha value is -0.0400. The third kappa shape index (κ3) is 20.0. The van der Waals surface area contributed by atoms with Crippen LogP contribution in [0.25, 0.3) is 0 Å². The highest BCUT2D eigenvalue weighted by molar-refractivity contribution is 4.50. The summed E-state index contributed by atoms with van der Waals surface area (Å²) in [4.78, 5) is 0. The van der Waals surface area contributed by atoms with Gasteiger partial charge < -0.3 is 5.32 Å². The second-order valence-corrected chi connectivity index (χ2v) is 6.66. The van der Waals surface area contributed by atoms with Crippen LogP contribution in [0.15, 0.2) is 0 Å². The Kier molecular flexibility index (Phi) is 19.9. The normalized spacial score (nSPS) is 11.1. The molecule has 0 radical (unpaired) electrons. The molecular formula is C20H43N. The third-order valence-corrected chi connectivity index (χ3v) is 4.46. The molecule has 0 aromatic rings. The number of unbranched alkanes of at least 4 members (excludes halogenated alkanes) is 15. The summed E-state index contributed by atoms with van der Waals surface area (Å²) in [6.07, 6.45) is 23.3. The van der Waals surface area contributed by atoms with E-state index in [1.54, 1.807) is 0 Å². The smallest absolute Gasteiger partial charge is 0.00490 e. The molecule has 128 valence electrons. The van der Waals surface area contributed by atoms with Crippen molar-refractivity contribution in [3.05, 3.63) is 0 Å². The van der Waals surface area contributed by atoms with Crippen molar-refractivity contribution in [2.75, 3.05) is 13.1 Å². The maximum Gasteiger partial charge on any atom is -0.00490 e. The van der Waals surface area contributed by atoms with Crippen LogP contribution in [0.1, 0.15) is 117 Å². The van der Waals surface area contributed by atoms with E-state index in [-0.39, 0.29) is 0 Å². The van der Waals surface area contributed by atoms with Crippen molar-refractivity contribution in [1.29, 1.82) is 0 Å². The standard InChI is InChI=1S/C20H43N/c1-3-5-6-7-8-9-10-11-12-13-14-15-16-17-18-19-20-21-4-2/h21H,3-20H2,1-2H3. The fraction of sp³-hybridized carbons (Fsp3) is 1.00. The second-order valence-electron chi connectivity index (χ2n) is 6.66. The van der Waals surface area contributed by atoms with Crippen LogP contribution < -0.4 is 5.32 Å². The van der Waals surface area contributed by atoms with Crippen LogP contribution >= 0.6 is 0 Å². The van der Waals surface area contributed by atoms with E-state index >= 15 is 0 Å². The van der Waals surface area contributed by atoms with Crippen LogP contribution in [0.2, 0.25) is 0 Å². The van der Waals surface area contributed by atoms with E-state index in [0.29, 0.717) is 0 Å². The van der Waals surface area contributed by atoms with Gasteiger partial charge in [0.25, 0.3) is 0 Å². The number of hydrogen-bond acceptors (Lipinski definition) is 1. The molecule has 0 rings (SSSR count). The Morgan fingerprint density at radius 3 is 1.10 bits per heavy atom.